The van der Waals surface area contributed by atoms with Crippen LogP contribution in [0.1, 0.15) is 25.7 Å². The molecule has 92 valence electrons. The van der Waals surface area contributed by atoms with Gasteiger partial charge in [0.25, 0.3) is 0 Å². The van der Waals surface area contributed by atoms with E-state index in [4.69, 9.17) is 0 Å². The standard InChI is InChI=1S/C13H25N3/c1-14-7-5-11(6-8-14)16-9-12-3-4-13(10-16)15(12)2/h11-13H,3-10H2,1-2H3. The van der Waals surface area contributed by atoms with Crippen LogP contribution >= 0.6 is 0 Å². The van der Waals surface area contributed by atoms with E-state index in [1.54, 1.807) is 0 Å². The third-order valence-corrected chi connectivity index (χ3v) is 5.08. The smallest absolute Gasteiger partial charge is 0.0224 e. The molecular formula is C13H25N3. The summed E-state index contributed by atoms with van der Waals surface area (Å²) in [5.41, 5.74) is 0. The summed E-state index contributed by atoms with van der Waals surface area (Å²) in [5.74, 6) is 0. The van der Waals surface area contributed by atoms with Crippen LogP contribution in [0.2, 0.25) is 0 Å². The molecule has 0 radical (unpaired) electrons. The van der Waals surface area contributed by atoms with Crippen molar-refractivity contribution in [2.75, 3.05) is 40.3 Å². The first-order valence-corrected chi connectivity index (χ1v) is 6.88. The van der Waals surface area contributed by atoms with Crippen LogP contribution in [0.4, 0.5) is 0 Å². The van der Waals surface area contributed by atoms with Crippen LogP contribution < -0.4 is 0 Å². The Morgan fingerprint density at radius 2 is 1.31 bits per heavy atom. The quantitative estimate of drug-likeness (QED) is 0.653. The largest absolute Gasteiger partial charge is 0.306 e. The van der Waals surface area contributed by atoms with Crippen molar-refractivity contribution < 1.29 is 0 Å². The first kappa shape index (κ1) is 11.0. The van der Waals surface area contributed by atoms with Crippen molar-refractivity contribution in [2.45, 2.75) is 43.8 Å². The molecule has 3 fully saturated rings. The second kappa shape index (κ2) is 4.28. The molecule has 3 heterocycles. The van der Waals surface area contributed by atoms with Crippen molar-refractivity contribution in [2.24, 2.45) is 0 Å². The molecule has 0 aromatic rings. The van der Waals surface area contributed by atoms with E-state index in [-0.39, 0.29) is 0 Å². The number of hydrogen-bond acceptors (Lipinski definition) is 3. The minimum Gasteiger partial charge on any atom is -0.306 e. The lowest BCUT2D eigenvalue weighted by molar-refractivity contribution is 0.0352. The molecule has 0 N–H and O–H groups in total. The van der Waals surface area contributed by atoms with Crippen LogP contribution in [-0.2, 0) is 0 Å². The maximum Gasteiger partial charge on any atom is 0.0224 e. The molecule has 3 aliphatic heterocycles. The summed E-state index contributed by atoms with van der Waals surface area (Å²) in [4.78, 5) is 7.90. The number of rotatable bonds is 1. The number of nitrogens with zero attached hydrogens (tertiary/aromatic N) is 3. The lowest BCUT2D eigenvalue weighted by Gasteiger charge is -2.45. The molecule has 16 heavy (non-hydrogen) atoms. The number of likely N-dealkylation sites (N-methyl/N-ethyl adjacent to an activating group) is 1. The van der Waals surface area contributed by atoms with Crippen molar-refractivity contribution in [1.29, 1.82) is 0 Å². The fourth-order valence-corrected chi connectivity index (χ4v) is 3.80. The molecule has 0 aliphatic carbocycles. The van der Waals surface area contributed by atoms with Crippen molar-refractivity contribution >= 4 is 0 Å². The maximum atomic E-state index is 2.80. The highest BCUT2D eigenvalue weighted by Gasteiger charge is 2.39. The highest BCUT2D eigenvalue weighted by molar-refractivity contribution is 4.96. The van der Waals surface area contributed by atoms with Gasteiger partial charge in [-0.1, -0.05) is 0 Å². The fraction of sp³-hybridized carbons (Fsp3) is 1.00. The second-order valence-electron chi connectivity index (χ2n) is 6.04. The Morgan fingerprint density at radius 3 is 1.88 bits per heavy atom. The van der Waals surface area contributed by atoms with E-state index in [0.717, 1.165) is 18.1 Å². The third kappa shape index (κ3) is 1.89. The van der Waals surface area contributed by atoms with Crippen LogP contribution in [0.15, 0.2) is 0 Å². The van der Waals surface area contributed by atoms with Gasteiger partial charge in [0, 0.05) is 31.2 Å². The van der Waals surface area contributed by atoms with Crippen molar-refractivity contribution in [3.63, 3.8) is 0 Å². The maximum absolute atomic E-state index is 2.80. The third-order valence-electron chi connectivity index (χ3n) is 5.08. The molecule has 0 amide bonds. The number of hydrogen-bond donors (Lipinski definition) is 0. The minimum atomic E-state index is 0.860. The molecule has 0 saturated carbocycles. The molecule has 3 rings (SSSR count). The lowest BCUT2D eigenvalue weighted by atomic mass is 10.0. The van der Waals surface area contributed by atoms with Gasteiger partial charge in [0.15, 0.2) is 0 Å². The molecule has 3 aliphatic rings. The van der Waals surface area contributed by atoms with Gasteiger partial charge in [-0.25, -0.2) is 0 Å². The summed E-state index contributed by atoms with van der Waals surface area (Å²) in [5, 5.41) is 0. The summed E-state index contributed by atoms with van der Waals surface area (Å²) < 4.78 is 0. The first-order valence-electron chi connectivity index (χ1n) is 6.88. The average molecular weight is 223 g/mol. The van der Waals surface area contributed by atoms with Crippen LogP contribution in [0.25, 0.3) is 0 Å². The van der Waals surface area contributed by atoms with Gasteiger partial charge in [-0.3, -0.25) is 9.80 Å². The molecule has 2 atom stereocenters. The summed E-state index contributed by atoms with van der Waals surface area (Å²) in [7, 11) is 4.58. The first-order chi connectivity index (χ1) is 7.74. The Kier molecular flexibility index (Phi) is 2.94. The Morgan fingerprint density at radius 1 is 0.750 bits per heavy atom. The van der Waals surface area contributed by atoms with E-state index in [9.17, 15) is 0 Å². The van der Waals surface area contributed by atoms with Crippen LogP contribution in [-0.4, -0.2) is 73.1 Å². The van der Waals surface area contributed by atoms with Gasteiger partial charge < -0.3 is 4.90 Å². The fourth-order valence-electron chi connectivity index (χ4n) is 3.80. The monoisotopic (exact) mass is 223 g/mol. The molecule has 3 nitrogen and oxygen atoms in total. The van der Waals surface area contributed by atoms with Gasteiger partial charge >= 0.3 is 0 Å². The SMILES string of the molecule is CN1CCC(N2CC3CCC(C2)N3C)CC1. The summed E-state index contributed by atoms with van der Waals surface area (Å²) in [6.07, 6.45) is 5.65. The molecule has 2 bridgehead atoms. The lowest BCUT2D eigenvalue weighted by Crippen LogP contribution is -2.56. The summed E-state index contributed by atoms with van der Waals surface area (Å²) in [6, 6.07) is 2.60. The number of fused-ring (bicyclic) bond motifs is 2. The Balaban J connectivity index is 1.60. The van der Waals surface area contributed by atoms with E-state index in [0.29, 0.717) is 0 Å². The van der Waals surface area contributed by atoms with E-state index in [2.05, 4.69) is 28.8 Å². The van der Waals surface area contributed by atoms with E-state index in [1.165, 1.54) is 51.9 Å². The number of piperidine rings is 1. The normalized spacial score (nSPS) is 39.4. The highest BCUT2D eigenvalue weighted by atomic mass is 15.3. The molecule has 0 aromatic heterocycles. The average Bonchev–Trinajstić information content (AvgIpc) is 2.54. The zero-order chi connectivity index (χ0) is 11.1. The van der Waals surface area contributed by atoms with Crippen LogP contribution in [0, 0.1) is 0 Å². The van der Waals surface area contributed by atoms with Gasteiger partial charge in [0.2, 0.25) is 0 Å². The van der Waals surface area contributed by atoms with Crippen molar-refractivity contribution in [3.8, 4) is 0 Å². The van der Waals surface area contributed by atoms with Gasteiger partial charge in [0.05, 0.1) is 0 Å². The summed E-state index contributed by atoms with van der Waals surface area (Å²) >= 11 is 0. The minimum absolute atomic E-state index is 0.860. The highest BCUT2D eigenvalue weighted by Crippen LogP contribution is 2.31. The van der Waals surface area contributed by atoms with Gasteiger partial charge in [-0.05, 0) is 52.9 Å². The Hall–Kier alpha value is -0.120. The molecular weight excluding hydrogens is 198 g/mol. The zero-order valence-electron chi connectivity index (χ0n) is 10.7. The van der Waals surface area contributed by atoms with Crippen molar-refractivity contribution in [3.05, 3.63) is 0 Å². The van der Waals surface area contributed by atoms with E-state index < -0.39 is 0 Å². The molecule has 0 aromatic carbocycles. The molecule has 3 saturated heterocycles. The second-order valence-corrected chi connectivity index (χ2v) is 6.04. The van der Waals surface area contributed by atoms with E-state index in [1.807, 2.05) is 0 Å². The van der Waals surface area contributed by atoms with Gasteiger partial charge in [0.1, 0.15) is 0 Å². The summed E-state index contributed by atoms with van der Waals surface area (Å²) in [6.45, 7) is 5.27. The molecule has 0 spiro atoms. The van der Waals surface area contributed by atoms with Gasteiger partial charge in [-0.15, -0.1) is 0 Å². The predicted molar refractivity (Wildman–Crippen MR) is 66.7 cm³/mol. The van der Waals surface area contributed by atoms with Gasteiger partial charge in [-0.2, -0.15) is 0 Å². The van der Waals surface area contributed by atoms with Crippen LogP contribution in [0.3, 0.4) is 0 Å². The zero-order valence-corrected chi connectivity index (χ0v) is 10.7. The predicted octanol–water partition coefficient (Wildman–Crippen LogP) is 0.859. The number of likely N-dealkylation sites (tertiary alicyclic amines) is 2. The molecule has 2 unspecified atom stereocenters. The Bertz CT molecular complexity index is 234. The van der Waals surface area contributed by atoms with E-state index >= 15 is 0 Å². The van der Waals surface area contributed by atoms with Crippen LogP contribution in [0.5, 0.6) is 0 Å². The molecule has 3 heteroatoms. The topological polar surface area (TPSA) is 9.72 Å². The number of piperazine rings is 1. The Labute approximate surface area is 99.4 Å². The van der Waals surface area contributed by atoms with Crippen molar-refractivity contribution in [1.82, 2.24) is 14.7 Å².